The van der Waals surface area contributed by atoms with E-state index >= 15 is 0 Å². The van der Waals surface area contributed by atoms with Crippen molar-refractivity contribution in [1.29, 1.82) is 0 Å². The first-order valence-electron chi connectivity index (χ1n) is 4.43. The molecule has 0 saturated carbocycles. The van der Waals surface area contributed by atoms with Crippen LogP contribution in [0.25, 0.3) is 0 Å². The van der Waals surface area contributed by atoms with Crippen molar-refractivity contribution in [3.63, 3.8) is 0 Å². The minimum atomic E-state index is -3.37. The summed E-state index contributed by atoms with van der Waals surface area (Å²) in [5, 5.41) is 10.8. The number of nitrogens with one attached hydrogen (secondary N) is 1. The Labute approximate surface area is 88.6 Å². The Morgan fingerprint density at radius 3 is 2.27 bits per heavy atom. The molecule has 0 saturated heterocycles. The molecule has 1 amide bonds. The first-order valence-corrected chi connectivity index (χ1v) is 6.49. The average Bonchev–Trinajstić information content (AvgIpc) is 1.98. The molecule has 0 aromatic heterocycles. The molecule has 1 unspecified atom stereocenters. The van der Waals surface area contributed by atoms with Gasteiger partial charge in [-0.1, -0.05) is 6.92 Å². The van der Waals surface area contributed by atoms with Crippen LogP contribution in [0.15, 0.2) is 0 Å². The van der Waals surface area contributed by atoms with Crippen molar-refractivity contribution in [1.82, 2.24) is 5.32 Å². The van der Waals surface area contributed by atoms with Crippen molar-refractivity contribution in [3.05, 3.63) is 0 Å². The predicted molar refractivity (Wildman–Crippen MR) is 54.2 cm³/mol. The number of amides is 1. The molecule has 0 spiro atoms. The quantitative estimate of drug-likeness (QED) is 0.642. The van der Waals surface area contributed by atoms with Crippen LogP contribution in [0.5, 0.6) is 0 Å². The van der Waals surface area contributed by atoms with Gasteiger partial charge >= 0.3 is 5.97 Å². The van der Waals surface area contributed by atoms with Crippen molar-refractivity contribution < 1.29 is 23.1 Å². The molecule has 0 fully saturated rings. The van der Waals surface area contributed by atoms with E-state index in [-0.39, 0.29) is 6.42 Å². The monoisotopic (exact) mass is 237 g/mol. The van der Waals surface area contributed by atoms with Crippen molar-refractivity contribution >= 4 is 21.7 Å². The van der Waals surface area contributed by atoms with Crippen LogP contribution >= 0.6 is 0 Å². The fourth-order valence-corrected chi connectivity index (χ4v) is 1.58. The average molecular weight is 237 g/mol. The van der Waals surface area contributed by atoms with Crippen LogP contribution in [0.4, 0.5) is 0 Å². The van der Waals surface area contributed by atoms with Crippen LogP contribution in [-0.2, 0) is 19.4 Å². The Bertz CT molecular complexity index is 335. The van der Waals surface area contributed by atoms with Gasteiger partial charge in [0, 0.05) is 12.3 Å². The van der Waals surface area contributed by atoms with Crippen molar-refractivity contribution in [2.75, 3.05) is 12.0 Å². The third kappa shape index (κ3) is 7.92. The van der Waals surface area contributed by atoms with Gasteiger partial charge in [0.25, 0.3) is 0 Å². The van der Waals surface area contributed by atoms with Gasteiger partial charge in [-0.25, -0.2) is 8.42 Å². The summed E-state index contributed by atoms with van der Waals surface area (Å²) in [7, 11) is -3.37. The molecule has 0 aliphatic rings. The Kier molecular flexibility index (Phi) is 5.27. The second kappa shape index (κ2) is 5.69. The lowest BCUT2D eigenvalue weighted by Crippen LogP contribution is -2.39. The second-order valence-electron chi connectivity index (χ2n) is 3.34. The zero-order valence-corrected chi connectivity index (χ0v) is 9.50. The maximum absolute atomic E-state index is 11.1. The largest absolute Gasteiger partial charge is 0.481 e. The molecule has 88 valence electrons. The number of carboxylic acid groups (broad SMARTS) is 1. The fraction of sp³-hybridized carbons (Fsp3) is 0.750. The smallest absolute Gasteiger partial charge is 0.305 e. The van der Waals surface area contributed by atoms with Gasteiger partial charge in [-0.05, 0) is 6.42 Å². The SMILES string of the molecule is CCC(CC(=O)O)NC(=O)CS(C)(=O)=O. The molecule has 0 bridgehead atoms. The Morgan fingerprint density at radius 2 is 1.93 bits per heavy atom. The maximum Gasteiger partial charge on any atom is 0.305 e. The van der Waals surface area contributed by atoms with Gasteiger partial charge in [0.1, 0.15) is 5.75 Å². The number of carbonyl (C=O) groups excluding carboxylic acids is 1. The molecule has 7 heteroatoms. The summed E-state index contributed by atoms with van der Waals surface area (Å²) in [6.45, 7) is 1.72. The van der Waals surface area contributed by atoms with Gasteiger partial charge in [0.15, 0.2) is 9.84 Å². The maximum atomic E-state index is 11.1. The van der Waals surface area contributed by atoms with Gasteiger partial charge < -0.3 is 10.4 Å². The van der Waals surface area contributed by atoms with Gasteiger partial charge in [-0.15, -0.1) is 0 Å². The van der Waals surface area contributed by atoms with E-state index < -0.39 is 33.5 Å². The van der Waals surface area contributed by atoms with E-state index in [2.05, 4.69) is 5.32 Å². The second-order valence-corrected chi connectivity index (χ2v) is 5.48. The van der Waals surface area contributed by atoms with E-state index in [1.54, 1.807) is 6.92 Å². The number of rotatable bonds is 6. The summed E-state index contributed by atoms with van der Waals surface area (Å²) in [6, 6.07) is -0.517. The highest BCUT2D eigenvalue weighted by Crippen LogP contribution is 1.97. The topological polar surface area (TPSA) is 101 Å². The highest BCUT2D eigenvalue weighted by Gasteiger charge is 2.16. The molecule has 0 aromatic carbocycles. The lowest BCUT2D eigenvalue weighted by atomic mass is 10.1. The molecule has 6 nitrogen and oxygen atoms in total. The summed E-state index contributed by atoms with van der Waals surface area (Å²) < 4.78 is 21.5. The summed E-state index contributed by atoms with van der Waals surface area (Å²) in [5.74, 6) is -2.30. The predicted octanol–water partition coefficient (Wildman–Crippen LogP) is -0.599. The van der Waals surface area contributed by atoms with E-state index in [4.69, 9.17) is 5.11 Å². The van der Waals surface area contributed by atoms with Crippen LogP contribution in [0, 0.1) is 0 Å². The summed E-state index contributed by atoms with van der Waals surface area (Å²) in [5.41, 5.74) is 0. The van der Waals surface area contributed by atoms with Crippen molar-refractivity contribution in [3.8, 4) is 0 Å². The summed E-state index contributed by atoms with van der Waals surface area (Å²) in [4.78, 5) is 21.5. The molecule has 2 N–H and O–H groups in total. The third-order valence-corrected chi connectivity index (χ3v) is 2.46. The number of sulfone groups is 1. The number of hydrogen-bond donors (Lipinski definition) is 2. The zero-order valence-electron chi connectivity index (χ0n) is 8.69. The standard InChI is InChI=1S/C8H15NO5S/c1-3-6(4-8(11)12)9-7(10)5-15(2,13)14/h6H,3-5H2,1-2H3,(H,9,10)(H,11,12). The Hall–Kier alpha value is -1.11. The summed E-state index contributed by atoms with van der Waals surface area (Å²) >= 11 is 0. The van der Waals surface area contributed by atoms with Crippen LogP contribution in [0.2, 0.25) is 0 Å². The Balaban J connectivity index is 4.19. The highest BCUT2D eigenvalue weighted by atomic mass is 32.2. The fourth-order valence-electron chi connectivity index (χ4n) is 1.02. The van der Waals surface area contributed by atoms with Crippen LogP contribution in [0.1, 0.15) is 19.8 Å². The van der Waals surface area contributed by atoms with Gasteiger partial charge in [0.2, 0.25) is 5.91 Å². The van der Waals surface area contributed by atoms with Crippen LogP contribution in [0.3, 0.4) is 0 Å². The summed E-state index contributed by atoms with van der Waals surface area (Å²) in [6.07, 6.45) is 1.19. The van der Waals surface area contributed by atoms with Gasteiger partial charge in [0.05, 0.1) is 6.42 Å². The molecule has 0 aliphatic carbocycles. The van der Waals surface area contributed by atoms with E-state index in [0.717, 1.165) is 6.26 Å². The van der Waals surface area contributed by atoms with Gasteiger partial charge in [-0.3, -0.25) is 9.59 Å². The van der Waals surface area contributed by atoms with Crippen molar-refractivity contribution in [2.45, 2.75) is 25.8 Å². The molecule has 0 rings (SSSR count). The highest BCUT2D eigenvalue weighted by molar-refractivity contribution is 7.91. The molecule has 0 aliphatic heterocycles. The molecular weight excluding hydrogens is 222 g/mol. The molecule has 1 atom stereocenters. The zero-order chi connectivity index (χ0) is 12.1. The minimum absolute atomic E-state index is 0.202. The third-order valence-electron chi connectivity index (χ3n) is 1.67. The van der Waals surface area contributed by atoms with Crippen LogP contribution < -0.4 is 5.32 Å². The lowest BCUT2D eigenvalue weighted by Gasteiger charge is -2.13. The lowest BCUT2D eigenvalue weighted by molar-refractivity contribution is -0.137. The van der Waals surface area contributed by atoms with Crippen LogP contribution in [-0.4, -0.2) is 43.5 Å². The molecule has 0 heterocycles. The number of carbonyl (C=O) groups is 2. The first-order chi connectivity index (χ1) is 6.74. The first kappa shape index (κ1) is 13.9. The molecule has 0 aromatic rings. The normalized spacial score (nSPS) is 13.2. The Morgan fingerprint density at radius 1 is 1.40 bits per heavy atom. The minimum Gasteiger partial charge on any atom is -0.481 e. The molecule has 15 heavy (non-hydrogen) atoms. The van der Waals surface area contributed by atoms with Gasteiger partial charge in [-0.2, -0.15) is 0 Å². The van der Waals surface area contributed by atoms with E-state index in [1.165, 1.54) is 0 Å². The molecular formula is C8H15NO5S. The van der Waals surface area contributed by atoms with E-state index in [1.807, 2.05) is 0 Å². The molecule has 0 radical (unpaired) electrons. The van der Waals surface area contributed by atoms with Crippen molar-refractivity contribution in [2.24, 2.45) is 0 Å². The number of aliphatic carboxylic acids is 1. The number of carboxylic acids is 1. The van der Waals surface area contributed by atoms with E-state index in [9.17, 15) is 18.0 Å². The van der Waals surface area contributed by atoms with E-state index in [0.29, 0.717) is 6.42 Å². The number of hydrogen-bond acceptors (Lipinski definition) is 4.